The standard InChI is InChI=1S/C13H20/c1-12-6-9-5-10(8-3-4-8)13(2,7-12)11(9)12/h8-11H,3-7H2,1-2H3. The average Bonchev–Trinajstić information content (AvgIpc) is 2.75. The van der Waals surface area contributed by atoms with Gasteiger partial charge in [0.2, 0.25) is 0 Å². The van der Waals surface area contributed by atoms with E-state index in [1.807, 2.05) is 0 Å². The molecule has 4 aliphatic carbocycles. The molecule has 72 valence electrons. The highest BCUT2D eigenvalue weighted by molar-refractivity contribution is 5.23. The van der Waals surface area contributed by atoms with Crippen molar-refractivity contribution in [3.05, 3.63) is 0 Å². The Labute approximate surface area is 81.1 Å². The van der Waals surface area contributed by atoms with Gasteiger partial charge < -0.3 is 0 Å². The molecular formula is C13H20. The first-order valence-corrected chi connectivity index (χ1v) is 6.13. The molecule has 5 atom stereocenters. The van der Waals surface area contributed by atoms with Gasteiger partial charge in [-0.1, -0.05) is 13.8 Å². The molecule has 0 aromatic heterocycles. The van der Waals surface area contributed by atoms with Crippen LogP contribution in [0.15, 0.2) is 0 Å². The molecule has 0 nitrogen and oxygen atoms in total. The topological polar surface area (TPSA) is 0 Å². The monoisotopic (exact) mass is 176 g/mol. The quantitative estimate of drug-likeness (QED) is 0.574. The Bertz CT molecular complexity index is 278. The third kappa shape index (κ3) is 0.620. The lowest BCUT2D eigenvalue weighted by Gasteiger charge is -2.68. The molecule has 5 unspecified atom stereocenters. The maximum Gasteiger partial charge on any atom is -0.0253 e. The van der Waals surface area contributed by atoms with Crippen LogP contribution < -0.4 is 0 Å². The largest absolute Gasteiger partial charge is 0.0593 e. The van der Waals surface area contributed by atoms with E-state index in [1.54, 1.807) is 32.1 Å². The summed E-state index contributed by atoms with van der Waals surface area (Å²) in [6.45, 7) is 5.16. The van der Waals surface area contributed by atoms with Gasteiger partial charge in [-0.2, -0.15) is 0 Å². The van der Waals surface area contributed by atoms with Gasteiger partial charge in [-0.25, -0.2) is 0 Å². The molecule has 0 aliphatic heterocycles. The zero-order valence-electron chi connectivity index (χ0n) is 8.84. The van der Waals surface area contributed by atoms with Gasteiger partial charge in [0, 0.05) is 0 Å². The third-order valence-corrected chi connectivity index (χ3v) is 6.04. The fourth-order valence-electron chi connectivity index (χ4n) is 6.02. The van der Waals surface area contributed by atoms with E-state index in [9.17, 15) is 0 Å². The normalized spacial score (nSPS) is 68.3. The Kier molecular flexibility index (Phi) is 0.971. The van der Waals surface area contributed by atoms with Crippen LogP contribution in [-0.4, -0.2) is 0 Å². The fraction of sp³-hybridized carbons (Fsp3) is 1.00. The van der Waals surface area contributed by atoms with E-state index in [-0.39, 0.29) is 0 Å². The SMILES string of the molecule is CC12CC3CC(C4CC4)C(C)(C1)C32. The first-order chi connectivity index (χ1) is 6.13. The summed E-state index contributed by atoms with van der Waals surface area (Å²) in [5.41, 5.74) is 1.64. The maximum absolute atomic E-state index is 2.61. The Balaban J connectivity index is 1.71. The van der Waals surface area contributed by atoms with Gasteiger partial charge in [-0.05, 0) is 66.6 Å². The van der Waals surface area contributed by atoms with Crippen LogP contribution in [0.3, 0.4) is 0 Å². The first kappa shape index (κ1) is 7.31. The molecule has 0 heteroatoms. The highest BCUT2D eigenvalue weighted by atomic mass is 14.8. The molecule has 0 N–H and O–H groups in total. The van der Waals surface area contributed by atoms with Crippen molar-refractivity contribution in [2.75, 3.05) is 0 Å². The summed E-state index contributed by atoms with van der Waals surface area (Å²) in [7, 11) is 0. The van der Waals surface area contributed by atoms with Crippen molar-refractivity contribution in [3.8, 4) is 0 Å². The number of rotatable bonds is 1. The third-order valence-electron chi connectivity index (χ3n) is 6.04. The highest BCUT2D eigenvalue weighted by Gasteiger charge is 2.74. The van der Waals surface area contributed by atoms with Crippen LogP contribution in [0.1, 0.15) is 46.0 Å². The lowest BCUT2D eigenvalue weighted by Crippen LogP contribution is -2.61. The summed E-state index contributed by atoms with van der Waals surface area (Å²) in [5, 5.41) is 0. The van der Waals surface area contributed by atoms with E-state index in [4.69, 9.17) is 0 Å². The van der Waals surface area contributed by atoms with E-state index in [0.29, 0.717) is 0 Å². The predicted octanol–water partition coefficient (Wildman–Crippen LogP) is 3.47. The minimum absolute atomic E-state index is 0.818. The van der Waals surface area contributed by atoms with E-state index in [2.05, 4.69) is 13.8 Å². The van der Waals surface area contributed by atoms with Crippen LogP contribution in [0, 0.1) is 34.5 Å². The molecule has 0 radical (unpaired) electrons. The summed E-state index contributed by atoms with van der Waals surface area (Å²) in [6.07, 6.45) is 7.90. The molecule has 4 aliphatic rings. The molecule has 0 spiro atoms. The van der Waals surface area contributed by atoms with Crippen molar-refractivity contribution in [1.29, 1.82) is 0 Å². The number of hydrogen-bond donors (Lipinski definition) is 0. The Morgan fingerprint density at radius 3 is 2.38 bits per heavy atom. The lowest BCUT2D eigenvalue weighted by atomic mass is 9.36. The lowest BCUT2D eigenvalue weighted by molar-refractivity contribution is -0.199. The van der Waals surface area contributed by atoms with Gasteiger partial charge >= 0.3 is 0 Å². The molecule has 0 saturated heterocycles. The zero-order valence-corrected chi connectivity index (χ0v) is 8.84. The number of hydrogen-bond acceptors (Lipinski definition) is 0. The van der Waals surface area contributed by atoms with Crippen molar-refractivity contribution < 1.29 is 0 Å². The van der Waals surface area contributed by atoms with Crippen molar-refractivity contribution in [2.24, 2.45) is 34.5 Å². The molecule has 4 rings (SSSR count). The van der Waals surface area contributed by atoms with Crippen LogP contribution in [0.5, 0.6) is 0 Å². The summed E-state index contributed by atoms with van der Waals surface area (Å²) >= 11 is 0. The van der Waals surface area contributed by atoms with Crippen molar-refractivity contribution in [3.63, 3.8) is 0 Å². The zero-order chi connectivity index (χ0) is 8.84. The van der Waals surface area contributed by atoms with E-state index in [1.165, 1.54) is 5.92 Å². The van der Waals surface area contributed by atoms with Crippen LogP contribution in [0.25, 0.3) is 0 Å². The second-order valence-electron chi connectivity index (χ2n) is 6.96. The van der Waals surface area contributed by atoms with Gasteiger partial charge in [0.05, 0.1) is 0 Å². The maximum atomic E-state index is 2.61. The molecule has 0 bridgehead atoms. The molecular weight excluding hydrogens is 156 g/mol. The molecule has 0 amide bonds. The fourth-order valence-corrected chi connectivity index (χ4v) is 6.02. The highest BCUT2D eigenvalue weighted by Crippen LogP contribution is 2.82. The summed E-state index contributed by atoms with van der Waals surface area (Å²) in [6, 6.07) is 0. The van der Waals surface area contributed by atoms with E-state index < -0.39 is 0 Å². The Morgan fingerprint density at radius 1 is 1.08 bits per heavy atom. The summed E-state index contributed by atoms with van der Waals surface area (Å²) in [4.78, 5) is 0. The molecule has 0 aromatic carbocycles. The minimum Gasteiger partial charge on any atom is -0.0593 e. The molecule has 4 saturated carbocycles. The Morgan fingerprint density at radius 2 is 1.85 bits per heavy atom. The van der Waals surface area contributed by atoms with Gasteiger partial charge in [0.25, 0.3) is 0 Å². The first-order valence-electron chi connectivity index (χ1n) is 6.13. The van der Waals surface area contributed by atoms with Crippen LogP contribution in [0.4, 0.5) is 0 Å². The molecule has 0 heterocycles. The molecule has 13 heavy (non-hydrogen) atoms. The van der Waals surface area contributed by atoms with Gasteiger partial charge in [0.1, 0.15) is 0 Å². The van der Waals surface area contributed by atoms with E-state index in [0.717, 1.165) is 28.6 Å². The second kappa shape index (κ2) is 1.73. The second-order valence-corrected chi connectivity index (χ2v) is 6.96. The van der Waals surface area contributed by atoms with Crippen LogP contribution >= 0.6 is 0 Å². The van der Waals surface area contributed by atoms with Gasteiger partial charge in [-0.15, -0.1) is 0 Å². The van der Waals surface area contributed by atoms with E-state index >= 15 is 0 Å². The molecule has 4 fully saturated rings. The summed E-state index contributed by atoms with van der Waals surface area (Å²) < 4.78 is 0. The average molecular weight is 176 g/mol. The smallest absolute Gasteiger partial charge is 0.0253 e. The van der Waals surface area contributed by atoms with Crippen LogP contribution in [-0.2, 0) is 0 Å². The Hall–Kier alpha value is 0. The van der Waals surface area contributed by atoms with Crippen LogP contribution in [0.2, 0.25) is 0 Å². The predicted molar refractivity (Wildman–Crippen MR) is 53.3 cm³/mol. The van der Waals surface area contributed by atoms with Gasteiger partial charge in [-0.3, -0.25) is 0 Å². The van der Waals surface area contributed by atoms with Crippen molar-refractivity contribution in [1.82, 2.24) is 0 Å². The minimum atomic E-state index is 0.818. The van der Waals surface area contributed by atoms with Crippen molar-refractivity contribution >= 4 is 0 Å². The van der Waals surface area contributed by atoms with Gasteiger partial charge in [0.15, 0.2) is 0 Å². The molecule has 0 aromatic rings. The summed E-state index contributed by atoms with van der Waals surface area (Å²) in [5.74, 6) is 4.64. The van der Waals surface area contributed by atoms with Crippen molar-refractivity contribution in [2.45, 2.75) is 46.0 Å².